The molecule has 1 aliphatic carbocycles. The van der Waals surface area contributed by atoms with Crippen LogP contribution in [0.4, 0.5) is 0 Å². The lowest BCUT2D eigenvalue weighted by Crippen LogP contribution is -2.15. The second-order valence-electron chi connectivity index (χ2n) is 5.38. The van der Waals surface area contributed by atoms with E-state index in [0.29, 0.717) is 17.6 Å². The van der Waals surface area contributed by atoms with E-state index in [0.717, 1.165) is 6.42 Å². The largest absolute Gasteiger partial charge is 0.295 e. The van der Waals surface area contributed by atoms with E-state index in [1.807, 2.05) is 6.08 Å². The van der Waals surface area contributed by atoms with Crippen LogP contribution >= 0.6 is 0 Å². The number of hydrogen-bond acceptors (Lipinski definition) is 1. The van der Waals surface area contributed by atoms with E-state index < -0.39 is 0 Å². The molecule has 0 fully saturated rings. The minimum atomic E-state index is 0.322. The SMILES string of the molecule is CCCCCCC[C@H]1C(=O)C=C[C@@H]1CCCC. The third kappa shape index (κ3) is 5.06. The summed E-state index contributed by atoms with van der Waals surface area (Å²) in [6.07, 6.45) is 15.3. The standard InChI is InChI=1S/C16H28O/c1-3-5-7-8-9-11-15-14(10-6-4-2)12-13-16(15)17/h12-15H,3-11H2,1-2H3/t14-,15+/m0/s1. The zero-order valence-corrected chi connectivity index (χ0v) is 11.6. The smallest absolute Gasteiger partial charge is 0.159 e. The molecule has 1 aliphatic rings. The Labute approximate surface area is 107 Å². The molecule has 1 heteroatoms. The average molecular weight is 236 g/mol. The third-order valence-electron chi connectivity index (χ3n) is 3.90. The number of unbranched alkanes of at least 4 members (excludes halogenated alkanes) is 5. The molecule has 0 aliphatic heterocycles. The van der Waals surface area contributed by atoms with Crippen molar-refractivity contribution in [2.24, 2.45) is 11.8 Å². The Morgan fingerprint density at radius 3 is 2.35 bits per heavy atom. The summed E-state index contributed by atoms with van der Waals surface area (Å²) in [5, 5.41) is 0. The normalized spacial score (nSPS) is 23.5. The molecule has 0 radical (unpaired) electrons. The fourth-order valence-corrected chi connectivity index (χ4v) is 2.75. The Kier molecular flexibility index (Phi) is 7.23. The van der Waals surface area contributed by atoms with Gasteiger partial charge in [0.05, 0.1) is 0 Å². The number of hydrogen-bond donors (Lipinski definition) is 0. The minimum absolute atomic E-state index is 0.322. The van der Waals surface area contributed by atoms with Crippen LogP contribution in [0.5, 0.6) is 0 Å². The van der Waals surface area contributed by atoms with Crippen molar-refractivity contribution in [3.8, 4) is 0 Å². The van der Waals surface area contributed by atoms with Gasteiger partial charge in [0, 0.05) is 5.92 Å². The molecule has 1 nitrogen and oxygen atoms in total. The van der Waals surface area contributed by atoms with Crippen molar-refractivity contribution in [3.63, 3.8) is 0 Å². The van der Waals surface area contributed by atoms with Gasteiger partial charge in [0.2, 0.25) is 0 Å². The molecule has 1 rings (SSSR count). The fraction of sp³-hybridized carbons (Fsp3) is 0.812. The summed E-state index contributed by atoms with van der Waals surface area (Å²) >= 11 is 0. The fourth-order valence-electron chi connectivity index (χ4n) is 2.75. The van der Waals surface area contributed by atoms with E-state index in [1.54, 1.807) is 0 Å². The maximum absolute atomic E-state index is 11.8. The van der Waals surface area contributed by atoms with Gasteiger partial charge in [-0.2, -0.15) is 0 Å². The van der Waals surface area contributed by atoms with Gasteiger partial charge in [-0.05, 0) is 24.8 Å². The lowest BCUT2D eigenvalue weighted by Gasteiger charge is -2.17. The van der Waals surface area contributed by atoms with Crippen molar-refractivity contribution < 1.29 is 4.79 Å². The average Bonchev–Trinajstić information content (AvgIpc) is 2.68. The van der Waals surface area contributed by atoms with Crippen molar-refractivity contribution in [1.82, 2.24) is 0 Å². The molecule has 0 saturated carbocycles. The van der Waals surface area contributed by atoms with Crippen LogP contribution in [0.2, 0.25) is 0 Å². The van der Waals surface area contributed by atoms with Crippen LogP contribution in [0.25, 0.3) is 0 Å². The van der Waals surface area contributed by atoms with Gasteiger partial charge in [0.15, 0.2) is 5.78 Å². The molecular weight excluding hydrogens is 208 g/mol. The summed E-state index contributed by atoms with van der Waals surface area (Å²) in [5.41, 5.74) is 0. The molecule has 0 heterocycles. The molecule has 0 amide bonds. The van der Waals surface area contributed by atoms with Crippen molar-refractivity contribution in [2.45, 2.75) is 71.6 Å². The molecular formula is C16H28O. The van der Waals surface area contributed by atoms with Crippen LogP contribution in [-0.2, 0) is 4.79 Å². The van der Waals surface area contributed by atoms with Crippen LogP contribution < -0.4 is 0 Å². The van der Waals surface area contributed by atoms with E-state index in [-0.39, 0.29) is 0 Å². The van der Waals surface area contributed by atoms with Crippen LogP contribution in [0.15, 0.2) is 12.2 Å². The molecule has 0 aromatic rings. The Balaban J connectivity index is 2.22. The van der Waals surface area contributed by atoms with Gasteiger partial charge < -0.3 is 0 Å². The maximum Gasteiger partial charge on any atom is 0.159 e. The number of allylic oxidation sites excluding steroid dienone is 2. The Bertz CT molecular complexity index is 242. The lowest BCUT2D eigenvalue weighted by atomic mass is 9.86. The van der Waals surface area contributed by atoms with Gasteiger partial charge in [-0.3, -0.25) is 4.79 Å². The Morgan fingerprint density at radius 2 is 1.65 bits per heavy atom. The second kappa shape index (κ2) is 8.49. The summed E-state index contributed by atoms with van der Waals surface area (Å²) in [6.45, 7) is 4.46. The van der Waals surface area contributed by atoms with Crippen LogP contribution in [0.1, 0.15) is 71.6 Å². The van der Waals surface area contributed by atoms with E-state index in [9.17, 15) is 4.79 Å². The van der Waals surface area contributed by atoms with E-state index in [1.165, 1.54) is 51.4 Å². The summed E-state index contributed by atoms with van der Waals surface area (Å²) in [6, 6.07) is 0. The molecule has 0 spiro atoms. The van der Waals surface area contributed by atoms with Crippen molar-refractivity contribution >= 4 is 5.78 Å². The summed E-state index contributed by atoms with van der Waals surface area (Å²) in [5.74, 6) is 1.26. The van der Waals surface area contributed by atoms with Gasteiger partial charge in [-0.25, -0.2) is 0 Å². The molecule has 0 N–H and O–H groups in total. The predicted molar refractivity (Wildman–Crippen MR) is 74.0 cm³/mol. The quantitative estimate of drug-likeness (QED) is 0.520. The first-order chi connectivity index (χ1) is 8.29. The van der Waals surface area contributed by atoms with E-state index in [2.05, 4.69) is 19.9 Å². The Hall–Kier alpha value is -0.590. The van der Waals surface area contributed by atoms with E-state index >= 15 is 0 Å². The molecule has 2 atom stereocenters. The van der Waals surface area contributed by atoms with E-state index in [4.69, 9.17) is 0 Å². The summed E-state index contributed by atoms with van der Waals surface area (Å²) in [7, 11) is 0. The second-order valence-corrected chi connectivity index (χ2v) is 5.38. The minimum Gasteiger partial charge on any atom is -0.295 e. The van der Waals surface area contributed by atoms with Gasteiger partial charge in [-0.1, -0.05) is 64.9 Å². The first-order valence-electron chi connectivity index (χ1n) is 7.51. The highest BCUT2D eigenvalue weighted by molar-refractivity contribution is 5.94. The molecule has 0 aromatic carbocycles. The third-order valence-corrected chi connectivity index (χ3v) is 3.90. The lowest BCUT2D eigenvalue weighted by molar-refractivity contribution is -0.118. The molecule has 0 bridgehead atoms. The number of rotatable bonds is 9. The van der Waals surface area contributed by atoms with Gasteiger partial charge >= 0.3 is 0 Å². The zero-order chi connectivity index (χ0) is 12.5. The highest BCUT2D eigenvalue weighted by Gasteiger charge is 2.28. The van der Waals surface area contributed by atoms with Gasteiger partial charge in [0.25, 0.3) is 0 Å². The van der Waals surface area contributed by atoms with Crippen LogP contribution in [-0.4, -0.2) is 5.78 Å². The van der Waals surface area contributed by atoms with Crippen molar-refractivity contribution in [1.29, 1.82) is 0 Å². The van der Waals surface area contributed by atoms with Gasteiger partial charge in [0.1, 0.15) is 0 Å². The topological polar surface area (TPSA) is 17.1 Å². The number of carbonyl (C=O) groups is 1. The number of carbonyl (C=O) groups excluding carboxylic acids is 1. The van der Waals surface area contributed by atoms with Crippen molar-refractivity contribution in [2.75, 3.05) is 0 Å². The summed E-state index contributed by atoms with van der Waals surface area (Å²) < 4.78 is 0. The number of ketones is 1. The summed E-state index contributed by atoms with van der Waals surface area (Å²) in [4.78, 5) is 11.8. The van der Waals surface area contributed by atoms with Crippen molar-refractivity contribution in [3.05, 3.63) is 12.2 Å². The predicted octanol–water partition coefficient (Wildman–Crippen LogP) is 4.91. The molecule has 0 unspecified atom stereocenters. The Morgan fingerprint density at radius 1 is 0.941 bits per heavy atom. The van der Waals surface area contributed by atoms with Crippen LogP contribution in [0, 0.1) is 11.8 Å². The first kappa shape index (κ1) is 14.5. The molecule has 0 saturated heterocycles. The zero-order valence-electron chi connectivity index (χ0n) is 11.6. The molecule has 17 heavy (non-hydrogen) atoms. The highest BCUT2D eigenvalue weighted by atomic mass is 16.1. The maximum atomic E-state index is 11.8. The first-order valence-corrected chi connectivity index (χ1v) is 7.51. The van der Waals surface area contributed by atoms with Gasteiger partial charge in [-0.15, -0.1) is 0 Å². The highest BCUT2D eigenvalue weighted by Crippen LogP contribution is 2.31. The molecule has 98 valence electrons. The monoisotopic (exact) mass is 236 g/mol. The van der Waals surface area contributed by atoms with Crippen LogP contribution in [0.3, 0.4) is 0 Å². The molecule has 0 aromatic heterocycles.